The minimum Gasteiger partial charge on any atom is -0.308 e. The summed E-state index contributed by atoms with van der Waals surface area (Å²) >= 11 is 0. The van der Waals surface area contributed by atoms with Crippen molar-refractivity contribution in [2.45, 2.75) is 65.0 Å². The molecule has 0 saturated heterocycles. The van der Waals surface area contributed by atoms with Crippen LogP contribution in [0.3, 0.4) is 0 Å². The van der Waals surface area contributed by atoms with E-state index in [4.69, 9.17) is 0 Å². The highest BCUT2D eigenvalue weighted by Gasteiger charge is 2.22. The van der Waals surface area contributed by atoms with Gasteiger partial charge in [0.1, 0.15) is 6.29 Å². The van der Waals surface area contributed by atoms with Crippen LogP contribution in [0.5, 0.6) is 0 Å². The third-order valence-electron chi connectivity index (χ3n) is 5.53. The van der Waals surface area contributed by atoms with Crippen LogP contribution in [-0.2, 0) is 11.3 Å². The third kappa shape index (κ3) is 7.67. The topological polar surface area (TPSA) is 75.2 Å². The summed E-state index contributed by atoms with van der Waals surface area (Å²) in [4.78, 5) is 33.4. The lowest BCUT2D eigenvalue weighted by Crippen LogP contribution is -2.41. The summed E-state index contributed by atoms with van der Waals surface area (Å²) in [7, 11) is 1.87. The number of amides is 1. The van der Waals surface area contributed by atoms with Crippen molar-refractivity contribution in [2.24, 2.45) is 5.92 Å². The van der Waals surface area contributed by atoms with Crippen LogP contribution in [0, 0.1) is 5.92 Å². The van der Waals surface area contributed by atoms with E-state index >= 15 is 0 Å². The number of hydrogen-bond acceptors (Lipinski definition) is 5. The van der Waals surface area contributed by atoms with Gasteiger partial charge in [0.2, 0.25) is 5.91 Å². The number of carbonyl (C=O) groups is 2. The Kier molecular flexibility index (Phi) is 10.1. The molecule has 1 N–H and O–H groups in total. The second kappa shape index (κ2) is 12.9. The molecule has 1 aromatic carbocycles. The average molecular weight is 411 g/mol. The first-order chi connectivity index (χ1) is 14.5. The number of nitrogens with one attached hydrogen (secondary N) is 1. The number of aldehydes is 1. The first kappa shape index (κ1) is 23.7. The molecule has 1 saturated carbocycles. The van der Waals surface area contributed by atoms with Gasteiger partial charge in [-0.1, -0.05) is 70.2 Å². The zero-order chi connectivity index (χ0) is 21.8. The van der Waals surface area contributed by atoms with Gasteiger partial charge < -0.3 is 5.32 Å². The minimum absolute atomic E-state index is 0.140. The van der Waals surface area contributed by atoms with Crippen molar-refractivity contribution in [1.29, 1.82) is 0 Å². The zero-order valence-corrected chi connectivity index (χ0v) is 18.4. The summed E-state index contributed by atoms with van der Waals surface area (Å²) in [5.74, 6) is 1.32. The molecule has 1 heterocycles. The molecule has 0 radical (unpaired) electrons. The Morgan fingerprint density at radius 1 is 1.23 bits per heavy atom. The monoisotopic (exact) mass is 410 g/mol. The van der Waals surface area contributed by atoms with Crippen LogP contribution in [-0.4, -0.2) is 40.2 Å². The smallest absolute Gasteiger partial charge is 0.242 e. The minimum atomic E-state index is -0.322. The van der Waals surface area contributed by atoms with Crippen molar-refractivity contribution in [1.82, 2.24) is 14.9 Å². The van der Waals surface area contributed by atoms with E-state index < -0.39 is 0 Å². The first-order valence-corrected chi connectivity index (χ1v) is 10.8. The molecule has 0 spiro atoms. The molecule has 6 heteroatoms. The number of carbonyl (C=O) groups excluding carboxylic acids is 2. The first-order valence-electron chi connectivity index (χ1n) is 10.8. The SMILES string of the molecule is CC1CCCCC1.CCC(C(=O)Nc1cnccn1)N(C)Cc1ccccc1C=O. The van der Waals surface area contributed by atoms with Gasteiger partial charge in [-0.2, -0.15) is 0 Å². The normalized spacial score (nSPS) is 15.1. The van der Waals surface area contributed by atoms with Crippen molar-refractivity contribution in [3.8, 4) is 0 Å². The fraction of sp³-hybridized carbons (Fsp3) is 0.500. The lowest BCUT2D eigenvalue weighted by atomic mass is 9.91. The third-order valence-corrected chi connectivity index (χ3v) is 5.53. The Balaban J connectivity index is 0.000000386. The molecule has 3 rings (SSSR count). The molecular weight excluding hydrogens is 376 g/mol. The van der Waals surface area contributed by atoms with Crippen molar-refractivity contribution in [3.63, 3.8) is 0 Å². The molecule has 1 aromatic heterocycles. The van der Waals surface area contributed by atoms with E-state index in [0.717, 1.165) is 17.8 Å². The van der Waals surface area contributed by atoms with Gasteiger partial charge in [0.25, 0.3) is 0 Å². The summed E-state index contributed by atoms with van der Waals surface area (Å²) < 4.78 is 0. The van der Waals surface area contributed by atoms with E-state index in [2.05, 4.69) is 22.2 Å². The van der Waals surface area contributed by atoms with E-state index in [-0.39, 0.29) is 11.9 Å². The second-order valence-corrected chi connectivity index (χ2v) is 7.98. The molecule has 0 bridgehead atoms. The van der Waals surface area contributed by atoms with Crippen molar-refractivity contribution in [3.05, 3.63) is 54.0 Å². The van der Waals surface area contributed by atoms with Crippen LogP contribution in [0.2, 0.25) is 0 Å². The van der Waals surface area contributed by atoms with Crippen LogP contribution in [0.4, 0.5) is 5.82 Å². The molecule has 2 aromatic rings. The van der Waals surface area contributed by atoms with Gasteiger partial charge in [0, 0.05) is 24.5 Å². The fourth-order valence-corrected chi connectivity index (χ4v) is 3.75. The van der Waals surface area contributed by atoms with E-state index in [1.54, 1.807) is 12.3 Å². The summed E-state index contributed by atoms with van der Waals surface area (Å²) in [6.07, 6.45) is 13.5. The maximum atomic E-state index is 12.4. The number of aromatic nitrogens is 2. The Morgan fingerprint density at radius 2 is 1.97 bits per heavy atom. The largest absolute Gasteiger partial charge is 0.308 e. The predicted molar refractivity (Wildman–Crippen MR) is 120 cm³/mol. The fourth-order valence-electron chi connectivity index (χ4n) is 3.75. The summed E-state index contributed by atoms with van der Waals surface area (Å²) in [5.41, 5.74) is 1.54. The molecule has 1 fully saturated rings. The number of rotatable bonds is 7. The van der Waals surface area contributed by atoms with Gasteiger partial charge in [0.15, 0.2) is 5.82 Å². The molecule has 6 nitrogen and oxygen atoms in total. The number of nitrogens with zero attached hydrogens (tertiary/aromatic N) is 3. The average Bonchev–Trinajstić information content (AvgIpc) is 2.76. The summed E-state index contributed by atoms with van der Waals surface area (Å²) in [6, 6.07) is 7.06. The highest BCUT2D eigenvalue weighted by molar-refractivity contribution is 5.93. The van der Waals surface area contributed by atoms with Crippen LogP contribution in [0.25, 0.3) is 0 Å². The molecule has 0 aliphatic heterocycles. The predicted octanol–water partition coefficient (Wildman–Crippen LogP) is 4.72. The van der Waals surface area contributed by atoms with E-state index in [9.17, 15) is 9.59 Å². The maximum Gasteiger partial charge on any atom is 0.242 e. The molecule has 1 aliphatic carbocycles. The highest BCUT2D eigenvalue weighted by atomic mass is 16.2. The van der Waals surface area contributed by atoms with Crippen LogP contribution >= 0.6 is 0 Å². The maximum absolute atomic E-state index is 12.4. The van der Waals surface area contributed by atoms with Crippen LogP contribution in [0.1, 0.15) is 68.3 Å². The molecule has 30 heavy (non-hydrogen) atoms. The molecule has 1 unspecified atom stereocenters. The Morgan fingerprint density at radius 3 is 2.53 bits per heavy atom. The zero-order valence-electron chi connectivity index (χ0n) is 18.4. The van der Waals surface area contributed by atoms with Crippen LogP contribution in [0.15, 0.2) is 42.9 Å². The van der Waals surface area contributed by atoms with E-state index in [1.165, 1.54) is 44.5 Å². The quantitative estimate of drug-likeness (QED) is 0.668. The molecule has 1 amide bonds. The van der Waals surface area contributed by atoms with Crippen molar-refractivity contribution >= 4 is 18.0 Å². The second-order valence-electron chi connectivity index (χ2n) is 7.98. The summed E-state index contributed by atoms with van der Waals surface area (Å²) in [6.45, 7) is 4.82. The number of anilines is 1. The Hall–Kier alpha value is -2.60. The van der Waals surface area contributed by atoms with Crippen molar-refractivity contribution < 1.29 is 9.59 Å². The number of likely N-dealkylation sites (N-methyl/N-ethyl adjacent to an activating group) is 1. The van der Waals surface area contributed by atoms with Gasteiger partial charge >= 0.3 is 0 Å². The van der Waals surface area contributed by atoms with E-state index in [1.807, 2.05) is 37.1 Å². The lowest BCUT2D eigenvalue weighted by Gasteiger charge is -2.26. The lowest BCUT2D eigenvalue weighted by molar-refractivity contribution is -0.121. The number of hydrogen-bond donors (Lipinski definition) is 1. The summed E-state index contributed by atoms with van der Waals surface area (Å²) in [5, 5.41) is 2.76. The number of benzene rings is 1. The van der Waals surface area contributed by atoms with E-state index in [0.29, 0.717) is 24.3 Å². The van der Waals surface area contributed by atoms with Gasteiger partial charge in [-0.05, 0) is 24.9 Å². The molecule has 1 atom stereocenters. The van der Waals surface area contributed by atoms with Crippen molar-refractivity contribution in [2.75, 3.05) is 12.4 Å². The Labute approximate surface area is 180 Å². The molecular formula is C24H34N4O2. The van der Waals surface area contributed by atoms with Gasteiger partial charge in [0.05, 0.1) is 12.2 Å². The van der Waals surface area contributed by atoms with Crippen LogP contribution < -0.4 is 5.32 Å². The van der Waals surface area contributed by atoms with Gasteiger partial charge in [-0.25, -0.2) is 4.98 Å². The molecule has 162 valence electrons. The van der Waals surface area contributed by atoms with Gasteiger partial charge in [-0.3, -0.25) is 19.5 Å². The highest BCUT2D eigenvalue weighted by Crippen LogP contribution is 2.22. The van der Waals surface area contributed by atoms with Gasteiger partial charge in [-0.15, -0.1) is 0 Å². The standard InChI is InChI=1S/C17H20N4O2.C7H14/c1-3-15(17(23)20-16-10-18-8-9-19-16)21(2)11-13-6-4-5-7-14(13)12-22;1-7-5-3-2-4-6-7/h4-10,12,15H,3,11H2,1-2H3,(H,19,20,23);7H,2-6H2,1H3. The Bertz CT molecular complexity index is 776. The molecule has 1 aliphatic rings.